The second-order valence-corrected chi connectivity index (χ2v) is 5.93. The number of hydrogen-bond acceptors (Lipinski definition) is 4. The molecule has 2 heterocycles. The van der Waals surface area contributed by atoms with Gasteiger partial charge in [0.15, 0.2) is 0 Å². The molecule has 2 aliphatic rings. The number of carbonyl (C=O) groups excluding carboxylic acids is 1. The Balaban J connectivity index is 1.91. The van der Waals surface area contributed by atoms with Gasteiger partial charge in [0.25, 0.3) is 0 Å². The maximum Gasteiger partial charge on any atom is 0.239 e. The molecule has 2 rings (SSSR count). The van der Waals surface area contributed by atoms with Gasteiger partial charge in [-0.05, 0) is 33.5 Å². The lowest BCUT2D eigenvalue weighted by molar-refractivity contribution is -0.137. The van der Waals surface area contributed by atoms with Crippen molar-refractivity contribution in [1.29, 1.82) is 0 Å². The zero-order valence-electron chi connectivity index (χ0n) is 12.6. The molecule has 0 bridgehead atoms. The molecule has 19 heavy (non-hydrogen) atoms. The first-order chi connectivity index (χ1) is 9.11. The molecule has 0 saturated carbocycles. The Morgan fingerprint density at radius 2 is 2.05 bits per heavy atom. The highest BCUT2D eigenvalue weighted by Crippen LogP contribution is 2.15. The van der Waals surface area contributed by atoms with Crippen LogP contribution in [0.1, 0.15) is 19.8 Å². The Bertz CT molecular complexity index is 308. The zero-order valence-corrected chi connectivity index (χ0v) is 12.6. The molecular weight excluding hydrogens is 240 g/mol. The summed E-state index contributed by atoms with van der Waals surface area (Å²) in [5.41, 5.74) is 0. The van der Waals surface area contributed by atoms with Crippen LogP contribution in [0.3, 0.4) is 0 Å². The van der Waals surface area contributed by atoms with E-state index in [0.717, 1.165) is 52.1 Å². The lowest BCUT2D eigenvalue weighted by atomic mass is 10.0. The van der Waals surface area contributed by atoms with E-state index in [-0.39, 0.29) is 6.04 Å². The topological polar surface area (TPSA) is 38.8 Å². The predicted molar refractivity (Wildman–Crippen MR) is 77.2 cm³/mol. The number of piperazine rings is 1. The Labute approximate surface area is 116 Å². The van der Waals surface area contributed by atoms with Crippen molar-refractivity contribution in [3.05, 3.63) is 0 Å². The molecule has 2 unspecified atom stereocenters. The van der Waals surface area contributed by atoms with Crippen molar-refractivity contribution in [2.45, 2.75) is 31.8 Å². The molecule has 2 aliphatic heterocycles. The van der Waals surface area contributed by atoms with E-state index in [1.54, 1.807) is 0 Å². The summed E-state index contributed by atoms with van der Waals surface area (Å²) < 4.78 is 0. The molecule has 2 atom stereocenters. The lowest BCUT2D eigenvalue weighted by Crippen LogP contribution is -2.58. The molecule has 0 aliphatic carbocycles. The summed E-state index contributed by atoms with van der Waals surface area (Å²) in [5.74, 6) is 0.301. The highest BCUT2D eigenvalue weighted by molar-refractivity contribution is 5.82. The smallest absolute Gasteiger partial charge is 0.239 e. The van der Waals surface area contributed by atoms with Gasteiger partial charge >= 0.3 is 0 Å². The molecule has 0 aromatic heterocycles. The molecule has 0 radical (unpaired) electrons. The fourth-order valence-corrected chi connectivity index (χ4v) is 3.11. The summed E-state index contributed by atoms with van der Waals surface area (Å²) in [6.07, 6.45) is 2.11. The second-order valence-electron chi connectivity index (χ2n) is 5.93. The highest BCUT2D eigenvalue weighted by atomic mass is 16.2. The summed E-state index contributed by atoms with van der Waals surface area (Å²) in [6, 6.07) is 0.522. The number of likely N-dealkylation sites (tertiary alicyclic amines) is 1. The van der Waals surface area contributed by atoms with Crippen LogP contribution >= 0.6 is 0 Å². The summed E-state index contributed by atoms with van der Waals surface area (Å²) in [5, 5.41) is 3.31. The maximum absolute atomic E-state index is 12.4. The third-order valence-corrected chi connectivity index (χ3v) is 4.39. The van der Waals surface area contributed by atoms with Gasteiger partial charge < -0.3 is 15.1 Å². The SMILES string of the molecule is CCNC1CCCN(CC2CN(C)CCN2C)C1=O. The van der Waals surface area contributed by atoms with E-state index in [2.05, 4.69) is 41.0 Å². The van der Waals surface area contributed by atoms with Crippen molar-refractivity contribution in [1.82, 2.24) is 20.0 Å². The molecule has 1 N–H and O–H groups in total. The van der Waals surface area contributed by atoms with Gasteiger partial charge in [0.2, 0.25) is 5.91 Å². The van der Waals surface area contributed by atoms with Gasteiger partial charge in [-0.25, -0.2) is 0 Å². The predicted octanol–water partition coefficient (Wildman–Crippen LogP) is -0.167. The van der Waals surface area contributed by atoms with Crippen LogP contribution in [0.2, 0.25) is 0 Å². The number of likely N-dealkylation sites (N-methyl/N-ethyl adjacent to an activating group) is 3. The van der Waals surface area contributed by atoms with Crippen molar-refractivity contribution in [2.75, 3.05) is 53.4 Å². The second kappa shape index (κ2) is 6.68. The van der Waals surface area contributed by atoms with Gasteiger partial charge in [0.05, 0.1) is 6.04 Å². The van der Waals surface area contributed by atoms with Crippen LogP contribution in [0.15, 0.2) is 0 Å². The standard InChI is InChI=1S/C14H28N4O/c1-4-15-13-6-5-7-18(14(13)19)11-12-10-16(2)8-9-17(12)3/h12-13,15H,4-11H2,1-3H3. The Hall–Kier alpha value is -0.650. The van der Waals surface area contributed by atoms with Crippen LogP contribution in [-0.2, 0) is 4.79 Å². The van der Waals surface area contributed by atoms with Gasteiger partial charge in [-0.3, -0.25) is 9.69 Å². The minimum atomic E-state index is 0.0466. The molecule has 1 amide bonds. The van der Waals surface area contributed by atoms with Crippen molar-refractivity contribution in [2.24, 2.45) is 0 Å². The minimum absolute atomic E-state index is 0.0466. The largest absolute Gasteiger partial charge is 0.340 e. The number of rotatable bonds is 4. The van der Waals surface area contributed by atoms with Gasteiger partial charge in [0.1, 0.15) is 0 Å². The van der Waals surface area contributed by atoms with E-state index in [9.17, 15) is 4.79 Å². The molecule has 0 aromatic rings. The molecule has 2 fully saturated rings. The zero-order chi connectivity index (χ0) is 13.8. The monoisotopic (exact) mass is 268 g/mol. The van der Waals surface area contributed by atoms with Gasteiger partial charge in [-0.15, -0.1) is 0 Å². The lowest BCUT2D eigenvalue weighted by Gasteiger charge is -2.42. The average Bonchev–Trinajstić information content (AvgIpc) is 2.39. The molecule has 5 heteroatoms. The number of piperidine rings is 1. The molecule has 0 aromatic carbocycles. The van der Waals surface area contributed by atoms with Gasteiger partial charge in [-0.2, -0.15) is 0 Å². The van der Waals surface area contributed by atoms with E-state index in [1.807, 2.05) is 0 Å². The Morgan fingerprint density at radius 1 is 1.26 bits per heavy atom. The molecule has 5 nitrogen and oxygen atoms in total. The molecule has 2 saturated heterocycles. The third-order valence-electron chi connectivity index (χ3n) is 4.39. The van der Waals surface area contributed by atoms with E-state index in [1.165, 1.54) is 0 Å². The van der Waals surface area contributed by atoms with Crippen molar-refractivity contribution < 1.29 is 4.79 Å². The molecule has 110 valence electrons. The number of nitrogens with one attached hydrogen (secondary N) is 1. The summed E-state index contributed by atoms with van der Waals surface area (Å²) in [4.78, 5) is 19.2. The quantitative estimate of drug-likeness (QED) is 0.768. The fraction of sp³-hybridized carbons (Fsp3) is 0.929. The summed E-state index contributed by atoms with van der Waals surface area (Å²) >= 11 is 0. The van der Waals surface area contributed by atoms with Crippen LogP contribution in [0.25, 0.3) is 0 Å². The maximum atomic E-state index is 12.4. The Morgan fingerprint density at radius 3 is 2.79 bits per heavy atom. The van der Waals surface area contributed by atoms with E-state index >= 15 is 0 Å². The fourth-order valence-electron chi connectivity index (χ4n) is 3.11. The van der Waals surface area contributed by atoms with E-state index in [4.69, 9.17) is 0 Å². The van der Waals surface area contributed by atoms with E-state index in [0.29, 0.717) is 11.9 Å². The minimum Gasteiger partial charge on any atom is -0.340 e. The van der Waals surface area contributed by atoms with Crippen LogP contribution in [0.5, 0.6) is 0 Å². The van der Waals surface area contributed by atoms with Crippen molar-refractivity contribution in [3.8, 4) is 0 Å². The summed E-state index contributed by atoms with van der Waals surface area (Å²) in [6.45, 7) is 8.02. The summed E-state index contributed by atoms with van der Waals surface area (Å²) in [7, 11) is 4.34. The van der Waals surface area contributed by atoms with Crippen molar-refractivity contribution >= 4 is 5.91 Å². The van der Waals surface area contributed by atoms with Crippen LogP contribution in [0, 0.1) is 0 Å². The van der Waals surface area contributed by atoms with E-state index < -0.39 is 0 Å². The molecular formula is C14H28N4O. The van der Waals surface area contributed by atoms with Gasteiger partial charge in [0, 0.05) is 38.8 Å². The number of hydrogen-bond donors (Lipinski definition) is 1. The van der Waals surface area contributed by atoms with Gasteiger partial charge in [-0.1, -0.05) is 6.92 Å². The van der Waals surface area contributed by atoms with Crippen LogP contribution in [-0.4, -0.2) is 86.1 Å². The van der Waals surface area contributed by atoms with Crippen LogP contribution < -0.4 is 5.32 Å². The Kier molecular flexibility index (Phi) is 5.19. The number of nitrogens with zero attached hydrogens (tertiary/aromatic N) is 3. The van der Waals surface area contributed by atoms with Crippen molar-refractivity contribution in [3.63, 3.8) is 0 Å². The first kappa shape index (κ1) is 14.8. The normalized spacial score (nSPS) is 30.9. The number of carbonyl (C=O) groups is 1. The average molecular weight is 268 g/mol. The van der Waals surface area contributed by atoms with Crippen LogP contribution in [0.4, 0.5) is 0 Å². The molecule has 0 spiro atoms. The number of amides is 1. The first-order valence-corrected chi connectivity index (χ1v) is 7.52. The third kappa shape index (κ3) is 3.68. The highest BCUT2D eigenvalue weighted by Gasteiger charge is 2.31. The first-order valence-electron chi connectivity index (χ1n) is 7.52.